The molecule has 0 aromatic carbocycles. The number of aliphatic hydroxyl groups is 1. The number of nitrogens with one attached hydrogen (secondary N) is 1. The number of aliphatic hydroxyl groups excluding tert-OH is 1. The lowest BCUT2D eigenvalue weighted by Gasteiger charge is -2.15. The Hall–Kier alpha value is -1.51. The standard InChI is InChI=1S/C45H86NO8P/c1-3-5-7-9-11-13-15-17-19-21-22-23-25-27-29-31-33-35-37-44(48)46-39-40-53-55(50,51)54-42-43(47)41-52-45(49)38-36-34-32-30-28-26-24-20-18-16-14-12-10-8-6-4-2/h13,15,19,21,43,47H,3-12,14,16-18,20,22-42H2,1-2H3,(H,46,48)(H,50,51)/b15-13-,21-19-. The van der Waals surface area contributed by atoms with E-state index in [1.54, 1.807) is 0 Å². The number of phosphoric ester groups is 1. The van der Waals surface area contributed by atoms with E-state index in [0.29, 0.717) is 6.42 Å². The van der Waals surface area contributed by atoms with Gasteiger partial charge in [-0.2, -0.15) is 0 Å². The van der Waals surface area contributed by atoms with Crippen LogP contribution in [0.15, 0.2) is 24.3 Å². The predicted molar refractivity (Wildman–Crippen MR) is 229 cm³/mol. The summed E-state index contributed by atoms with van der Waals surface area (Å²) >= 11 is 0. The number of amides is 1. The zero-order valence-electron chi connectivity index (χ0n) is 35.6. The van der Waals surface area contributed by atoms with E-state index in [0.717, 1.165) is 51.4 Å². The van der Waals surface area contributed by atoms with Crippen LogP contribution in [0.4, 0.5) is 0 Å². The van der Waals surface area contributed by atoms with Crippen LogP contribution in [-0.4, -0.2) is 54.3 Å². The molecule has 0 heterocycles. The first-order valence-electron chi connectivity index (χ1n) is 22.8. The van der Waals surface area contributed by atoms with Crippen molar-refractivity contribution < 1.29 is 37.9 Å². The molecule has 2 unspecified atom stereocenters. The molecule has 0 radical (unpaired) electrons. The molecule has 0 aliphatic carbocycles. The van der Waals surface area contributed by atoms with Crippen LogP contribution in [-0.2, 0) is 27.9 Å². The average Bonchev–Trinajstić information content (AvgIpc) is 3.17. The van der Waals surface area contributed by atoms with Gasteiger partial charge in [0.05, 0.1) is 13.2 Å². The summed E-state index contributed by atoms with van der Waals surface area (Å²) in [5.41, 5.74) is 0. The fraction of sp³-hybridized carbons (Fsp3) is 0.867. The third kappa shape index (κ3) is 43.5. The Balaban J connectivity index is 3.58. The van der Waals surface area contributed by atoms with Gasteiger partial charge in [-0.3, -0.25) is 18.6 Å². The fourth-order valence-electron chi connectivity index (χ4n) is 6.41. The normalized spacial score (nSPS) is 13.5. The van der Waals surface area contributed by atoms with Crippen molar-refractivity contribution >= 4 is 19.7 Å². The second-order valence-electron chi connectivity index (χ2n) is 15.4. The van der Waals surface area contributed by atoms with Crippen molar-refractivity contribution in [2.75, 3.05) is 26.4 Å². The largest absolute Gasteiger partial charge is 0.472 e. The number of unbranched alkanes of at least 4 members (excludes halogenated alkanes) is 26. The zero-order valence-corrected chi connectivity index (χ0v) is 36.5. The Bertz CT molecular complexity index is 959. The number of ether oxygens (including phenoxy) is 1. The molecule has 2 atom stereocenters. The van der Waals surface area contributed by atoms with E-state index in [4.69, 9.17) is 13.8 Å². The predicted octanol–water partition coefficient (Wildman–Crippen LogP) is 12.8. The van der Waals surface area contributed by atoms with Gasteiger partial charge in [0.15, 0.2) is 0 Å². The van der Waals surface area contributed by atoms with Gasteiger partial charge >= 0.3 is 13.8 Å². The molecule has 10 heteroatoms. The summed E-state index contributed by atoms with van der Waals surface area (Å²) in [4.78, 5) is 33.9. The molecule has 0 bridgehead atoms. The number of rotatable bonds is 43. The molecule has 0 spiro atoms. The van der Waals surface area contributed by atoms with Crippen LogP contribution in [0, 0.1) is 0 Å². The summed E-state index contributed by atoms with van der Waals surface area (Å²) in [7, 11) is -4.42. The fourth-order valence-corrected chi connectivity index (χ4v) is 7.17. The lowest BCUT2D eigenvalue weighted by molar-refractivity contribution is -0.147. The summed E-state index contributed by atoms with van der Waals surface area (Å²) in [5, 5.41) is 12.7. The van der Waals surface area contributed by atoms with E-state index in [1.807, 2.05) is 0 Å². The molecular formula is C45H86NO8P. The molecule has 0 saturated heterocycles. The van der Waals surface area contributed by atoms with Gasteiger partial charge in [-0.15, -0.1) is 0 Å². The minimum absolute atomic E-state index is 0.0794. The molecule has 0 aliphatic rings. The summed E-state index contributed by atoms with van der Waals surface area (Å²) in [6.07, 6.45) is 45.3. The van der Waals surface area contributed by atoms with Gasteiger partial charge < -0.3 is 20.1 Å². The van der Waals surface area contributed by atoms with Crippen LogP contribution in [0.1, 0.15) is 219 Å². The van der Waals surface area contributed by atoms with Crippen molar-refractivity contribution in [3.8, 4) is 0 Å². The Morgan fingerprint density at radius 2 is 0.982 bits per heavy atom. The highest BCUT2D eigenvalue weighted by Crippen LogP contribution is 2.42. The van der Waals surface area contributed by atoms with Crippen LogP contribution in [0.3, 0.4) is 0 Å². The van der Waals surface area contributed by atoms with Crippen molar-refractivity contribution in [2.24, 2.45) is 0 Å². The number of esters is 1. The molecular weight excluding hydrogens is 713 g/mol. The van der Waals surface area contributed by atoms with Crippen LogP contribution in [0.5, 0.6) is 0 Å². The Kier molecular flexibility index (Phi) is 40.9. The molecule has 0 fully saturated rings. The highest BCUT2D eigenvalue weighted by atomic mass is 31.2. The summed E-state index contributed by atoms with van der Waals surface area (Å²) < 4.78 is 26.9. The highest BCUT2D eigenvalue weighted by Gasteiger charge is 2.23. The van der Waals surface area contributed by atoms with Gasteiger partial charge in [0.2, 0.25) is 5.91 Å². The quantitative estimate of drug-likeness (QED) is 0.0240. The maximum absolute atomic E-state index is 12.1. The molecule has 0 aliphatic heterocycles. The van der Waals surface area contributed by atoms with Crippen molar-refractivity contribution in [3.05, 3.63) is 24.3 Å². The van der Waals surface area contributed by atoms with Crippen molar-refractivity contribution in [1.82, 2.24) is 5.32 Å². The van der Waals surface area contributed by atoms with Gasteiger partial charge in [-0.05, 0) is 44.9 Å². The lowest BCUT2D eigenvalue weighted by atomic mass is 10.0. The Morgan fingerprint density at radius 3 is 1.47 bits per heavy atom. The first-order chi connectivity index (χ1) is 26.8. The number of phosphoric acid groups is 1. The number of carbonyl (C=O) groups excluding carboxylic acids is 2. The average molecular weight is 800 g/mol. The topological polar surface area (TPSA) is 131 Å². The van der Waals surface area contributed by atoms with Gasteiger partial charge in [-0.25, -0.2) is 4.57 Å². The Morgan fingerprint density at radius 1 is 0.564 bits per heavy atom. The number of allylic oxidation sites excluding steroid dienone is 4. The molecule has 9 nitrogen and oxygen atoms in total. The van der Waals surface area contributed by atoms with Gasteiger partial charge in [0.25, 0.3) is 0 Å². The zero-order chi connectivity index (χ0) is 40.3. The van der Waals surface area contributed by atoms with Crippen LogP contribution in [0.25, 0.3) is 0 Å². The van der Waals surface area contributed by atoms with Crippen LogP contribution in [0.2, 0.25) is 0 Å². The number of carbonyl (C=O) groups is 2. The third-order valence-electron chi connectivity index (χ3n) is 9.88. The third-order valence-corrected chi connectivity index (χ3v) is 10.9. The first kappa shape index (κ1) is 53.5. The van der Waals surface area contributed by atoms with Gasteiger partial charge in [0, 0.05) is 19.4 Å². The van der Waals surface area contributed by atoms with E-state index >= 15 is 0 Å². The molecule has 1 amide bonds. The molecule has 0 aromatic rings. The summed E-state index contributed by atoms with van der Waals surface area (Å²) in [6.45, 7) is 3.56. The summed E-state index contributed by atoms with van der Waals surface area (Å²) in [6, 6.07) is 0. The second kappa shape index (κ2) is 42.1. The van der Waals surface area contributed by atoms with Crippen LogP contribution < -0.4 is 5.32 Å². The lowest BCUT2D eigenvalue weighted by Crippen LogP contribution is -2.27. The van der Waals surface area contributed by atoms with Gasteiger partial charge in [0.1, 0.15) is 12.7 Å². The molecule has 55 heavy (non-hydrogen) atoms. The van der Waals surface area contributed by atoms with E-state index in [1.165, 1.54) is 141 Å². The summed E-state index contributed by atoms with van der Waals surface area (Å²) in [5.74, 6) is -0.517. The van der Waals surface area contributed by atoms with Gasteiger partial charge in [-0.1, -0.05) is 186 Å². The SMILES string of the molecule is CCCCCC/C=C\C/C=C\CCCCCCCCCC(=O)NCCOP(=O)(O)OCC(O)COC(=O)CCCCCCCCCCCCCCCCCC. The first-order valence-corrected chi connectivity index (χ1v) is 24.3. The van der Waals surface area contributed by atoms with E-state index in [9.17, 15) is 24.2 Å². The number of hydrogen-bond donors (Lipinski definition) is 3. The smallest absolute Gasteiger partial charge is 0.463 e. The molecule has 3 N–H and O–H groups in total. The minimum atomic E-state index is -4.42. The molecule has 324 valence electrons. The van der Waals surface area contributed by atoms with E-state index in [-0.39, 0.29) is 32.1 Å². The maximum Gasteiger partial charge on any atom is 0.472 e. The van der Waals surface area contributed by atoms with Crippen LogP contribution >= 0.6 is 7.82 Å². The van der Waals surface area contributed by atoms with Crippen molar-refractivity contribution in [3.63, 3.8) is 0 Å². The van der Waals surface area contributed by atoms with E-state index in [2.05, 4.69) is 43.5 Å². The number of hydrogen-bond acceptors (Lipinski definition) is 7. The van der Waals surface area contributed by atoms with E-state index < -0.39 is 26.5 Å². The molecule has 0 saturated carbocycles. The highest BCUT2D eigenvalue weighted by molar-refractivity contribution is 7.47. The molecule has 0 aromatic heterocycles. The van der Waals surface area contributed by atoms with Crippen molar-refractivity contribution in [2.45, 2.75) is 225 Å². The molecule has 0 rings (SSSR count). The second-order valence-corrected chi connectivity index (χ2v) is 16.8. The maximum atomic E-state index is 12.1. The van der Waals surface area contributed by atoms with Crippen molar-refractivity contribution in [1.29, 1.82) is 0 Å². The monoisotopic (exact) mass is 800 g/mol. The minimum Gasteiger partial charge on any atom is -0.463 e. The Labute approximate surface area is 338 Å².